The maximum atomic E-state index is 13.5. The van der Waals surface area contributed by atoms with Gasteiger partial charge >= 0.3 is 11.9 Å². The minimum absolute atomic E-state index is 0.131. The van der Waals surface area contributed by atoms with Crippen molar-refractivity contribution in [1.29, 1.82) is 0 Å². The average molecular weight is 527 g/mol. The summed E-state index contributed by atoms with van der Waals surface area (Å²) >= 11 is 0.916. The summed E-state index contributed by atoms with van der Waals surface area (Å²) in [6, 6.07) is 13.1. The first-order valence-corrected chi connectivity index (χ1v) is 12.4. The third-order valence-electron chi connectivity index (χ3n) is 5.24. The molecule has 2 N–H and O–H groups in total. The Morgan fingerprint density at radius 1 is 1.17 bits per heavy atom. The number of rotatable bonds is 8. The van der Waals surface area contributed by atoms with Gasteiger partial charge in [0.15, 0.2) is 16.0 Å². The van der Waals surface area contributed by atoms with E-state index in [-0.39, 0.29) is 26.3 Å². The monoisotopic (exact) mass is 526 g/mol. The number of hydrogen-bond donors (Lipinski definition) is 2. The Kier molecular flexibility index (Phi) is 7.28. The standard InChI is InChI=1S/C22H21F3N4O4S2/c1-28-10-9-16(13-28)33-19-11-15(7-8-17(19)22(23,24)25)27-35(32)20-12-18(29(30)31)21(34-20)26-14-5-3-2-4-6-14/h2-8,11-12,16,26-27H,9-10,13H2,1H3/t16-,35?/m1/s1. The molecule has 1 aliphatic heterocycles. The summed E-state index contributed by atoms with van der Waals surface area (Å²) in [4.78, 5) is 12.9. The molecule has 2 aromatic carbocycles. The van der Waals surface area contributed by atoms with Crippen LogP contribution in [-0.2, 0) is 17.2 Å². The fraction of sp³-hybridized carbons (Fsp3) is 0.273. The number of hydrogen-bond acceptors (Lipinski definition) is 7. The number of halogens is 3. The summed E-state index contributed by atoms with van der Waals surface area (Å²) in [5.74, 6) is -0.358. The quantitative estimate of drug-likeness (QED) is 0.292. The Morgan fingerprint density at radius 2 is 1.91 bits per heavy atom. The zero-order valence-electron chi connectivity index (χ0n) is 18.4. The van der Waals surface area contributed by atoms with Gasteiger partial charge in [0.05, 0.1) is 16.2 Å². The number of likely N-dealkylation sites (N-methyl/N-ethyl adjacent to an activating group) is 1. The van der Waals surface area contributed by atoms with Crippen LogP contribution in [0, 0.1) is 10.1 Å². The van der Waals surface area contributed by atoms with E-state index in [1.54, 1.807) is 30.3 Å². The van der Waals surface area contributed by atoms with E-state index in [0.717, 1.165) is 29.5 Å². The maximum absolute atomic E-state index is 13.5. The van der Waals surface area contributed by atoms with Crippen LogP contribution < -0.4 is 14.8 Å². The van der Waals surface area contributed by atoms with Gasteiger partial charge in [-0.3, -0.25) is 10.1 Å². The van der Waals surface area contributed by atoms with Gasteiger partial charge in [0.2, 0.25) is 0 Å². The number of para-hydroxylation sites is 1. The van der Waals surface area contributed by atoms with Crippen molar-refractivity contribution in [3.8, 4) is 5.75 Å². The van der Waals surface area contributed by atoms with Gasteiger partial charge in [-0.05, 0) is 37.7 Å². The number of nitrogens with zero attached hydrogens (tertiary/aromatic N) is 2. The molecule has 186 valence electrons. The lowest BCUT2D eigenvalue weighted by Crippen LogP contribution is -2.23. The van der Waals surface area contributed by atoms with E-state index in [2.05, 4.69) is 10.0 Å². The van der Waals surface area contributed by atoms with Crippen molar-refractivity contribution in [2.45, 2.75) is 22.9 Å². The average Bonchev–Trinajstić information content (AvgIpc) is 3.40. The SMILES string of the molecule is CN1CC[C@@H](Oc2cc(NS(=O)c3cc([N+](=O)[O-])c(Nc4ccccc4)s3)ccc2C(F)(F)F)C1. The molecule has 2 heterocycles. The first-order chi connectivity index (χ1) is 16.6. The summed E-state index contributed by atoms with van der Waals surface area (Å²) in [5, 5.41) is 14.6. The molecular weight excluding hydrogens is 505 g/mol. The highest BCUT2D eigenvalue weighted by Gasteiger charge is 2.36. The van der Waals surface area contributed by atoms with E-state index in [1.807, 2.05) is 11.9 Å². The molecule has 1 unspecified atom stereocenters. The van der Waals surface area contributed by atoms with Gasteiger partial charge in [-0.2, -0.15) is 13.2 Å². The molecule has 0 radical (unpaired) electrons. The smallest absolute Gasteiger partial charge is 0.419 e. The van der Waals surface area contributed by atoms with E-state index in [1.165, 1.54) is 6.07 Å². The highest BCUT2D eigenvalue weighted by Crippen LogP contribution is 2.40. The molecule has 1 fully saturated rings. The molecule has 1 aromatic heterocycles. The lowest BCUT2D eigenvalue weighted by Gasteiger charge is -2.19. The molecule has 0 aliphatic carbocycles. The fourth-order valence-corrected chi connectivity index (χ4v) is 5.69. The topological polar surface area (TPSA) is 96.7 Å². The lowest BCUT2D eigenvalue weighted by atomic mass is 10.1. The summed E-state index contributed by atoms with van der Waals surface area (Å²) < 4.78 is 61.9. The van der Waals surface area contributed by atoms with Gasteiger partial charge in [0.1, 0.15) is 16.1 Å². The molecule has 4 rings (SSSR count). The Hall–Kier alpha value is -3.16. The molecule has 0 spiro atoms. The van der Waals surface area contributed by atoms with Crippen molar-refractivity contribution in [2.24, 2.45) is 0 Å². The van der Waals surface area contributed by atoms with E-state index >= 15 is 0 Å². The van der Waals surface area contributed by atoms with Crippen LogP contribution in [-0.4, -0.2) is 40.3 Å². The highest BCUT2D eigenvalue weighted by atomic mass is 32.2. The number of nitrogens with one attached hydrogen (secondary N) is 2. The van der Waals surface area contributed by atoms with Crippen molar-refractivity contribution in [3.63, 3.8) is 0 Å². The van der Waals surface area contributed by atoms with Crippen LogP contribution >= 0.6 is 11.3 Å². The second-order valence-corrected chi connectivity index (χ2v) is 10.4. The number of ether oxygens (including phenoxy) is 1. The fourth-order valence-electron chi connectivity index (χ4n) is 3.57. The molecule has 3 aromatic rings. The minimum Gasteiger partial charge on any atom is -0.488 e. The number of thiophene rings is 1. The number of benzene rings is 2. The number of alkyl halides is 3. The second kappa shape index (κ2) is 10.2. The van der Waals surface area contributed by atoms with Crippen LogP contribution in [0.2, 0.25) is 0 Å². The summed E-state index contributed by atoms with van der Waals surface area (Å²) in [6.07, 6.45) is -4.43. The van der Waals surface area contributed by atoms with E-state index < -0.39 is 33.8 Å². The van der Waals surface area contributed by atoms with Crippen molar-refractivity contribution in [1.82, 2.24) is 4.90 Å². The predicted octanol–water partition coefficient (Wildman–Crippen LogP) is 5.64. The molecule has 0 saturated carbocycles. The van der Waals surface area contributed by atoms with Crippen molar-refractivity contribution in [2.75, 3.05) is 30.2 Å². The van der Waals surface area contributed by atoms with Crippen molar-refractivity contribution < 1.29 is 27.0 Å². The van der Waals surface area contributed by atoms with Gasteiger partial charge in [-0.15, -0.1) is 0 Å². The third kappa shape index (κ3) is 6.10. The van der Waals surface area contributed by atoms with E-state index in [4.69, 9.17) is 4.74 Å². The predicted molar refractivity (Wildman–Crippen MR) is 129 cm³/mol. The van der Waals surface area contributed by atoms with Crippen LogP contribution in [0.1, 0.15) is 12.0 Å². The molecule has 35 heavy (non-hydrogen) atoms. The van der Waals surface area contributed by atoms with Crippen LogP contribution in [0.5, 0.6) is 5.75 Å². The van der Waals surface area contributed by atoms with Crippen molar-refractivity contribution in [3.05, 3.63) is 70.3 Å². The molecule has 13 heteroatoms. The number of anilines is 3. The largest absolute Gasteiger partial charge is 0.488 e. The molecule has 0 bridgehead atoms. The minimum atomic E-state index is -4.62. The summed E-state index contributed by atoms with van der Waals surface area (Å²) in [5.41, 5.74) is -0.438. The molecule has 1 aliphatic rings. The van der Waals surface area contributed by atoms with Crippen LogP contribution in [0.25, 0.3) is 0 Å². The molecule has 1 saturated heterocycles. The normalized spacial score (nSPS) is 17.2. The van der Waals surface area contributed by atoms with E-state index in [0.29, 0.717) is 25.2 Å². The summed E-state index contributed by atoms with van der Waals surface area (Å²) in [7, 11) is -0.108. The lowest BCUT2D eigenvalue weighted by molar-refractivity contribution is -0.383. The van der Waals surface area contributed by atoms with Gasteiger partial charge in [-0.25, -0.2) is 4.21 Å². The summed E-state index contributed by atoms with van der Waals surface area (Å²) in [6.45, 7) is 1.21. The Balaban J connectivity index is 1.56. The van der Waals surface area contributed by atoms with Crippen LogP contribution in [0.3, 0.4) is 0 Å². The Morgan fingerprint density at radius 3 is 2.54 bits per heavy atom. The number of nitro groups is 1. The molecule has 8 nitrogen and oxygen atoms in total. The van der Waals surface area contributed by atoms with Crippen LogP contribution in [0.15, 0.2) is 58.8 Å². The second-order valence-electron chi connectivity index (χ2n) is 7.90. The van der Waals surface area contributed by atoms with Gasteiger partial charge < -0.3 is 19.7 Å². The Bertz CT molecular complexity index is 1240. The highest BCUT2D eigenvalue weighted by molar-refractivity contribution is 7.88. The van der Waals surface area contributed by atoms with Gasteiger partial charge in [0, 0.05) is 30.9 Å². The van der Waals surface area contributed by atoms with Crippen molar-refractivity contribution >= 4 is 44.4 Å². The van der Waals surface area contributed by atoms with Crippen LogP contribution in [0.4, 0.5) is 35.2 Å². The molecular formula is C22H21F3N4O4S2. The van der Waals surface area contributed by atoms with Gasteiger partial charge in [0.25, 0.3) is 0 Å². The Labute approximate surface area is 205 Å². The molecule has 0 amide bonds. The first kappa shape index (κ1) is 24.9. The molecule has 2 atom stereocenters. The first-order valence-electron chi connectivity index (χ1n) is 10.5. The van der Waals surface area contributed by atoms with Gasteiger partial charge in [-0.1, -0.05) is 29.5 Å². The van der Waals surface area contributed by atoms with E-state index in [9.17, 15) is 27.5 Å². The number of likely N-dealkylation sites (tertiary alicyclic amines) is 1. The zero-order chi connectivity index (χ0) is 25.2. The maximum Gasteiger partial charge on any atom is 0.419 e. The zero-order valence-corrected chi connectivity index (χ0v) is 20.0. The third-order valence-corrected chi connectivity index (χ3v) is 7.68.